The second-order valence-electron chi connectivity index (χ2n) is 5.95. The number of rotatable bonds is 6. The van der Waals surface area contributed by atoms with Gasteiger partial charge in [0.1, 0.15) is 0 Å². The van der Waals surface area contributed by atoms with E-state index in [2.05, 4.69) is 4.72 Å². The number of aryl methyl sites for hydroxylation is 1. The molecule has 0 saturated carbocycles. The Labute approximate surface area is 153 Å². The second-order valence-corrected chi connectivity index (χ2v) is 8.15. The fourth-order valence-corrected chi connectivity index (χ4v) is 4.54. The van der Waals surface area contributed by atoms with E-state index >= 15 is 0 Å². The van der Waals surface area contributed by atoms with Gasteiger partial charge in [0.25, 0.3) is 0 Å². The molecule has 3 rings (SSSR count). The fraction of sp³-hybridized carbons (Fsp3) is 0.333. The van der Waals surface area contributed by atoms with E-state index in [-0.39, 0.29) is 10.8 Å². The van der Waals surface area contributed by atoms with Crippen LogP contribution in [0, 0.1) is 0 Å². The smallest absolute Gasteiger partial charge is 0.240 e. The summed E-state index contributed by atoms with van der Waals surface area (Å²) in [7, 11) is -0.391. The Morgan fingerprint density at radius 1 is 1.16 bits per heavy atom. The number of fused-ring (bicyclic) bond motifs is 1. The van der Waals surface area contributed by atoms with Gasteiger partial charge >= 0.3 is 0 Å². The minimum atomic E-state index is -3.59. The zero-order valence-corrected chi connectivity index (χ0v) is 15.7. The molecule has 5 nitrogen and oxygen atoms in total. The summed E-state index contributed by atoms with van der Waals surface area (Å²) in [6.45, 7) is 0.331. The molecule has 1 aliphatic carbocycles. The maximum Gasteiger partial charge on any atom is 0.240 e. The molecule has 0 radical (unpaired) electrons. The minimum Gasteiger partial charge on any atom is -0.493 e. The molecular formula is C18H20ClNO4S. The summed E-state index contributed by atoms with van der Waals surface area (Å²) in [5, 5.41) is 0.394. The minimum absolute atomic E-state index is 0.101. The van der Waals surface area contributed by atoms with Crippen molar-refractivity contribution in [2.24, 2.45) is 0 Å². The molecule has 2 aromatic carbocycles. The molecule has 25 heavy (non-hydrogen) atoms. The highest BCUT2D eigenvalue weighted by Gasteiger charge is 2.26. The highest BCUT2D eigenvalue weighted by molar-refractivity contribution is 7.89. The van der Waals surface area contributed by atoms with Crippen LogP contribution in [0.3, 0.4) is 0 Å². The standard InChI is InChI=1S/C18H20ClNO4S/c1-23-17-8-12-6-7-13(16(12)10-18(17)24-2)11-20-25(21,22)15-5-3-4-14(19)9-15/h3-5,8-10,13,20H,6-7,11H2,1-2H3. The molecule has 0 bridgehead atoms. The van der Waals surface area contributed by atoms with Crippen LogP contribution in [0.25, 0.3) is 0 Å². The molecule has 1 atom stereocenters. The first-order valence-corrected chi connectivity index (χ1v) is 9.80. The second kappa shape index (κ2) is 7.23. The van der Waals surface area contributed by atoms with Crippen molar-refractivity contribution in [2.75, 3.05) is 20.8 Å². The van der Waals surface area contributed by atoms with Gasteiger partial charge in [0, 0.05) is 11.6 Å². The summed E-state index contributed by atoms with van der Waals surface area (Å²) < 4.78 is 38.3. The molecule has 0 aromatic heterocycles. The van der Waals surface area contributed by atoms with Gasteiger partial charge in [-0.2, -0.15) is 0 Å². The molecule has 2 aromatic rings. The Kier molecular flexibility index (Phi) is 5.22. The van der Waals surface area contributed by atoms with E-state index in [1.165, 1.54) is 17.7 Å². The molecule has 0 amide bonds. The van der Waals surface area contributed by atoms with E-state index in [9.17, 15) is 8.42 Å². The number of nitrogens with one attached hydrogen (secondary N) is 1. The number of halogens is 1. The van der Waals surface area contributed by atoms with E-state index in [1.807, 2.05) is 12.1 Å². The quantitative estimate of drug-likeness (QED) is 0.833. The number of hydrogen-bond donors (Lipinski definition) is 1. The van der Waals surface area contributed by atoms with Gasteiger partial charge in [-0.25, -0.2) is 13.1 Å². The van der Waals surface area contributed by atoms with Gasteiger partial charge in [-0.1, -0.05) is 17.7 Å². The lowest BCUT2D eigenvalue weighted by Crippen LogP contribution is -2.28. The van der Waals surface area contributed by atoms with Crippen molar-refractivity contribution in [3.63, 3.8) is 0 Å². The number of hydrogen-bond acceptors (Lipinski definition) is 4. The summed E-state index contributed by atoms with van der Waals surface area (Å²) >= 11 is 5.89. The zero-order valence-electron chi connectivity index (χ0n) is 14.1. The van der Waals surface area contributed by atoms with Gasteiger partial charge in [-0.15, -0.1) is 0 Å². The van der Waals surface area contributed by atoms with Crippen LogP contribution in [0.2, 0.25) is 5.02 Å². The molecule has 1 N–H and O–H groups in total. The van der Waals surface area contributed by atoms with Gasteiger partial charge in [0.2, 0.25) is 10.0 Å². The van der Waals surface area contributed by atoms with E-state index < -0.39 is 10.0 Å². The first kappa shape index (κ1) is 18.0. The van der Waals surface area contributed by atoms with Crippen LogP contribution in [0.1, 0.15) is 23.5 Å². The highest BCUT2D eigenvalue weighted by Crippen LogP contribution is 2.40. The van der Waals surface area contributed by atoms with Crippen LogP contribution in [-0.2, 0) is 16.4 Å². The van der Waals surface area contributed by atoms with E-state index in [4.69, 9.17) is 21.1 Å². The van der Waals surface area contributed by atoms with Crippen molar-refractivity contribution in [3.05, 3.63) is 52.5 Å². The third-order valence-electron chi connectivity index (χ3n) is 4.47. The van der Waals surface area contributed by atoms with Crippen LogP contribution in [0.5, 0.6) is 11.5 Å². The summed E-state index contributed by atoms with van der Waals surface area (Å²) in [6.07, 6.45) is 1.77. The molecule has 1 aliphatic rings. The van der Waals surface area contributed by atoms with Crippen molar-refractivity contribution in [3.8, 4) is 11.5 Å². The average molecular weight is 382 g/mol. The number of sulfonamides is 1. The highest BCUT2D eigenvalue weighted by atomic mass is 35.5. The molecular weight excluding hydrogens is 362 g/mol. The van der Waals surface area contributed by atoms with E-state index in [0.717, 1.165) is 18.4 Å². The molecule has 134 valence electrons. The van der Waals surface area contributed by atoms with Crippen LogP contribution < -0.4 is 14.2 Å². The van der Waals surface area contributed by atoms with E-state index in [1.54, 1.807) is 26.4 Å². The van der Waals surface area contributed by atoms with Crippen LogP contribution in [0.4, 0.5) is 0 Å². The van der Waals surface area contributed by atoms with Crippen molar-refractivity contribution >= 4 is 21.6 Å². The van der Waals surface area contributed by atoms with Crippen LogP contribution in [0.15, 0.2) is 41.3 Å². The van der Waals surface area contributed by atoms with Crippen molar-refractivity contribution < 1.29 is 17.9 Å². The lowest BCUT2D eigenvalue weighted by Gasteiger charge is -2.15. The van der Waals surface area contributed by atoms with Crippen LogP contribution in [-0.4, -0.2) is 29.2 Å². The lowest BCUT2D eigenvalue weighted by atomic mass is 10.0. The Balaban J connectivity index is 1.78. The molecule has 0 spiro atoms. The Morgan fingerprint density at radius 3 is 2.56 bits per heavy atom. The largest absolute Gasteiger partial charge is 0.493 e. The topological polar surface area (TPSA) is 64.6 Å². The summed E-state index contributed by atoms with van der Waals surface area (Å²) in [5.41, 5.74) is 2.27. The zero-order chi connectivity index (χ0) is 18.0. The predicted molar refractivity (Wildman–Crippen MR) is 97.2 cm³/mol. The predicted octanol–water partition coefficient (Wildman–Crippen LogP) is 3.37. The number of benzene rings is 2. The summed E-state index contributed by atoms with van der Waals surface area (Å²) in [4.78, 5) is 0.172. The van der Waals surface area contributed by atoms with Crippen molar-refractivity contribution in [1.82, 2.24) is 4.72 Å². The molecule has 0 aliphatic heterocycles. The Bertz CT molecular complexity index is 883. The number of ether oxygens (including phenoxy) is 2. The van der Waals surface area contributed by atoms with Gasteiger partial charge in [0.15, 0.2) is 11.5 Å². The maximum absolute atomic E-state index is 12.5. The third-order valence-corrected chi connectivity index (χ3v) is 6.13. The normalized spacial score (nSPS) is 16.5. The summed E-state index contributed by atoms with van der Waals surface area (Å²) in [6, 6.07) is 10.2. The molecule has 1 unspecified atom stereocenters. The van der Waals surface area contributed by atoms with Gasteiger partial charge in [-0.05, 0) is 60.2 Å². The van der Waals surface area contributed by atoms with Crippen molar-refractivity contribution in [1.29, 1.82) is 0 Å². The maximum atomic E-state index is 12.5. The average Bonchev–Trinajstić information content (AvgIpc) is 3.00. The van der Waals surface area contributed by atoms with Crippen LogP contribution >= 0.6 is 11.6 Å². The summed E-state index contributed by atoms with van der Waals surface area (Å²) in [5.74, 6) is 1.45. The monoisotopic (exact) mass is 381 g/mol. The molecule has 0 heterocycles. The lowest BCUT2D eigenvalue weighted by molar-refractivity contribution is 0.354. The molecule has 7 heteroatoms. The fourth-order valence-electron chi connectivity index (χ4n) is 3.16. The van der Waals surface area contributed by atoms with Crippen molar-refractivity contribution in [2.45, 2.75) is 23.7 Å². The Morgan fingerprint density at radius 2 is 1.88 bits per heavy atom. The molecule has 0 saturated heterocycles. The van der Waals surface area contributed by atoms with Gasteiger partial charge in [0.05, 0.1) is 19.1 Å². The van der Waals surface area contributed by atoms with Gasteiger partial charge in [-0.3, -0.25) is 0 Å². The number of methoxy groups -OCH3 is 2. The third kappa shape index (κ3) is 3.76. The first-order valence-electron chi connectivity index (χ1n) is 7.94. The van der Waals surface area contributed by atoms with Gasteiger partial charge < -0.3 is 9.47 Å². The SMILES string of the molecule is COc1cc2c(cc1OC)C(CNS(=O)(=O)c1cccc(Cl)c1)CC2. The Hall–Kier alpha value is -1.76. The first-order chi connectivity index (χ1) is 11.9. The molecule has 0 fully saturated rings. The van der Waals surface area contributed by atoms with E-state index in [0.29, 0.717) is 23.1 Å².